The lowest BCUT2D eigenvalue weighted by molar-refractivity contribution is -0.136. The lowest BCUT2D eigenvalue weighted by Gasteiger charge is -2.32. The Bertz CT molecular complexity index is 894. The van der Waals surface area contributed by atoms with Gasteiger partial charge in [0.05, 0.1) is 11.3 Å². The van der Waals surface area contributed by atoms with Gasteiger partial charge in [-0.15, -0.1) is 0 Å². The maximum atomic E-state index is 13.0. The summed E-state index contributed by atoms with van der Waals surface area (Å²) in [4.78, 5) is 27.0. The van der Waals surface area contributed by atoms with Gasteiger partial charge in [0.15, 0.2) is 0 Å². The van der Waals surface area contributed by atoms with E-state index in [1.807, 2.05) is 43.3 Å². The Morgan fingerprint density at radius 3 is 2.38 bits per heavy atom. The van der Waals surface area contributed by atoms with Crippen molar-refractivity contribution in [3.05, 3.63) is 76.5 Å². The van der Waals surface area contributed by atoms with Gasteiger partial charge in [-0.1, -0.05) is 48.9 Å². The van der Waals surface area contributed by atoms with Gasteiger partial charge in [-0.25, -0.2) is 4.79 Å². The van der Waals surface area contributed by atoms with Crippen LogP contribution in [0.25, 0.3) is 0 Å². The maximum absolute atomic E-state index is 13.0. The van der Waals surface area contributed by atoms with E-state index < -0.39 is 0 Å². The molecular weight excluding hydrogens is 326 g/mol. The first-order valence-electron chi connectivity index (χ1n) is 8.97. The third kappa shape index (κ3) is 2.71. The van der Waals surface area contributed by atoms with E-state index in [0.29, 0.717) is 11.3 Å². The minimum Gasteiger partial charge on any atom is -0.456 e. The number of benzene rings is 2. The third-order valence-electron chi connectivity index (χ3n) is 5.20. The van der Waals surface area contributed by atoms with Gasteiger partial charge in [0.2, 0.25) is 5.91 Å². The van der Waals surface area contributed by atoms with Crippen molar-refractivity contribution in [3.63, 3.8) is 0 Å². The second-order valence-corrected chi connectivity index (χ2v) is 6.85. The van der Waals surface area contributed by atoms with Crippen LogP contribution in [0.5, 0.6) is 0 Å². The minimum atomic E-state index is -0.311. The molecule has 0 fully saturated rings. The number of esters is 1. The fraction of sp³-hybridized carbons (Fsp3) is 0.273. The van der Waals surface area contributed by atoms with E-state index >= 15 is 0 Å². The van der Waals surface area contributed by atoms with Crippen LogP contribution >= 0.6 is 0 Å². The Labute approximate surface area is 153 Å². The number of hydrogen-bond donors (Lipinski definition) is 0. The number of amides is 1. The Morgan fingerprint density at radius 1 is 1.04 bits per heavy atom. The molecule has 1 amide bonds. The van der Waals surface area contributed by atoms with Crippen molar-refractivity contribution in [1.82, 2.24) is 0 Å². The molecule has 4 nitrogen and oxygen atoms in total. The Morgan fingerprint density at radius 2 is 1.73 bits per heavy atom. The van der Waals surface area contributed by atoms with Crippen molar-refractivity contribution >= 4 is 17.6 Å². The van der Waals surface area contributed by atoms with Gasteiger partial charge in [-0.2, -0.15) is 0 Å². The second kappa shape index (κ2) is 6.45. The topological polar surface area (TPSA) is 46.6 Å². The van der Waals surface area contributed by atoms with Crippen LogP contribution in [0.2, 0.25) is 0 Å². The normalized spacial score (nSPS) is 19.6. The number of anilines is 1. The molecule has 4 rings (SSSR count). The molecule has 1 unspecified atom stereocenters. The fourth-order valence-electron chi connectivity index (χ4n) is 3.72. The molecule has 0 bridgehead atoms. The Kier molecular flexibility index (Phi) is 4.11. The molecule has 0 saturated heterocycles. The van der Waals surface area contributed by atoms with Crippen molar-refractivity contribution in [2.45, 2.75) is 32.6 Å². The summed E-state index contributed by atoms with van der Waals surface area (Å²) < 4.78 is 5.31. The van der Waals surface area contributed by atoms with Gasteiger partial charge < -0.3 is 4.74 Å². The molecule has 0 radical (unpaired) electrons. The van der Waals surface area contributed by atoms with Crippen LogP contribution in [0.4, 0.5) is 5.69 Å². The first kappa shape index (κ1) is 16.6. The largest absolute Gasteiger partial charge is 0.456 e. The highest BCUT2D eigenvalue weighted by Crippen LogP contribution is 2.41. The van der Waals surface area contributed by atoms with Gasteiger partial charge in [0, 0.05) is 18.0 Å². The molecular formula is C22H21NO3. The fourth-order valence-corrected chi connectivity index (χ4v) is 3.72. The molecule has 1 atom stereocenters. The average Bonchev–Trinajstić information content (AvgIpc) is 3.04. The summed E-state index contributed by atoms with van der Waals surface area (Å²) in [5.74, 6) is -0.551. The number of carbonyl (C=O) groups excluding carboxylic acids is 2. The summed E-state index contributed by atoms with van der Waals surface area (Å²) in [5, 5.41) is 0. The Hall–Kier alpha value is -2.88. The van der Waals surface area contributed by atoms with E-state index in [0.717, 1.165) is 23.2 Å². The van der Waals surface area contributed by atoms with Gasteiger partial charge >= 0.3 is 5.97 Å². The standard InChI is InChI=1S/C22H21NO3/c1-3-15-6-8-16(9-7-15)18-12-20(24)23(17-10-4-14(2)5-11-17)19-13-26-22(25)21(18)19/h4-11,18H,3,12-13H2,1-2H3. The number of rotatable bonds is 3. The van der Waals surface area contributed by atoms with Crippen LogP contribution in [-0.2, 0) is 20.7 Å². The molecule has 2 heterocycles. The molecule has 0 saturated carbocycles. The first-order chi connectivity index (χ1) is 12.6. The summed E-state index contributed by atoms with van der Waals surface area (Å²) in [6.45, 7) is 4.26. The summed E-state index contributed by atoms with van der Waals surface area (Å²) in [6.07, 6.45) is 1.23. The number of nitrogens with zero attached hydrogens (tertiary/aromatic N) is 1. The quantitative estimate of drug-likeness (QED) is 0.792. The van der Waals surface area contributed by atoms with Crippen molar-refractivity contribution < 1.29 is 14.3 Å². The van der Waals surface area contributed by atoms with Crippen molar-refractivity contribution in [3.8, 4) is 0 Å². The lowest BCUT2D eigenvalue weighted by atomic mass is 9.83. The van der Waals surface area contributed by atoms with E-state index in [2.05, 4.69) is 19.1 Å². The van der Waals surface area contributed by atoms with Gasteiger partial charge in [0.25, 0.3) is 0 Å². The summed E-state index contributed by atoms with van der Waals surface area (Å²) in [5.41, 5.74) is 5.44. The number of aryl methyl sites for hydroxylation is 2. The molecule has 4 heteroatoms. The van der Waals surface area contributed by atoms with Crippen LogP contribution in [0.3, 0.4) is 0 Å². The number of ether oxygens (including phenoxy) is 1. The van der Waals surface area contributed by atoms with Crippen molar-refractivity contribution in [1.29, 1.82) is 0 Å². The van der Waals surface area contributed by atoms with E-state index in [1.165, 1.54) is 5.56 Å². The van der Waals surface area contributed by atoms with Gasteiger partial charge in [-0.3, -0.25) is 9.69 Å². The van der Waals surface area contributed by atoms with Gasteiger partial charge in [0.1, 0.15) is 6.61 Å². The highest BCUT2D eigenvalue weighted by molar-refractivity contribution is 6.06. The van der Waals surface area contributed by atoms with E-state index in [4.69, 9.17) is 4.74 Å². The van der Waals surface area contributed by atoms with Crippen LogP contribution in [0.15, 0.2) is 59.8 Å². The molecule has 2 aliphatic rings. The van der Waals surface area contributed by atoms with Gasteiger partial charge in [-0.05, 0) is 36.6 Å². The lowest BCUT2D eigenvalue weighted by Crippen LogP contribution is -2.37. The predicted octanol–water partition coefficient (Wildman–Crippen LogP) is 3.89. The molecule has 0 spiro atoms. The van der Waals surface area contributed by atoms with E-state index in [1.54, 1.807) is 4.90 Å². The van der Waals surface area contributed by atoms with Crippen LogP contribution in [-0.4, -0.2) is 18.5 Å². The number of cyclic esters (lactones) is 1. The van der Waals surface area contributed by atoms with Crippen molar-refractivity contribution in [2.24, 2.45) is 0 Å². The molecule has 132 valence electrons. The maximum Gasteiger partial charge on any atom is 0.336 e. The highest BCUT2D eigenvalue weighted by Gasteiger charge is 2.42. The van der Waals surface area contributed by atoms with E-state index in [-0.39, 0.29) is 30.8 Å². The van der Waals surface area contributed by atoms with Crippen LogP contribution < -0.4 is 4.90 Å². The SMILES string of the molecule is CCc1ccc(C2CC(=O)N(c3ccc(C)cc3)C3=C2C(=O)OC3)cc1. The summed E-state index contributed by atoms with van der Waals surface area (Å²) >= 11 is 0. The molecule has 0 N–H and O–H groups in total. The van der Waals surface area contributed by atoms with Crippen LogP contribution in [0, 0.1) is 6.92 Å². The first-order valence-corrected chi connectivity index (χ1v) is 8.97. The van der Waals surface area contributed by atoms with Crippen molar-refractivity contribution in [2.75, 3.05) is 11.5 Å². The molecule has 0 aliphatic carbocycles. The molecule has 0 aromatic heterocycles. The predicted molar refractivity (Wildman–Crippen MR) is 99.8 cm³/mol. The van der Waals surface area contributed by atoms with Crippen LogP contribution in [0.1, 0.15) is 36.0 Å². The second-order valence-electron chi connectivity index (χ2n) is 6.85. The average molecular weight is 347 g/mol. The third-order valence-corrected chi connectivity index (χ3v) is 5.20. The highest BCUT2D eigenvalue weighted by atomic mass is 16.5. The minimum absolute atomic E-state index is 0.00419. The summed E-state index contributed by atoms with van der Waals surface area (Å²) in [6, 6.07) is 15.9. The Balaban J connectivity index is 1.78. The zero-order valence-corrected chi connectivity index (χ0v) is 15.0. The zero-order chi connectivity index (χ0) is 18.3. The van der Waals surface area contributed by atoms with E-state index in [9.17, 15) is 9.59 Å². The zero-order valence-electron chi connectivity index (χ0n) is 15.0. The molecule has 2 aromatic rings. The molecule has 2 aromatic carbocycles. The number of hydrogen-bond acceptors (Lipinski definition) is 3. The molecule has 2 aliphatic heterocycles. The summed E-state index contributed by atoms with van der Waals surface area (Å²) in [7, 11) is 0. The monoisotopic (exact) mass is 347 g/mol. The smallest absolute Gasteiger partial charge is 0.336 e. The number of carbonyl (C=O) groups is 2. The molecule has 26 heavy (non-hydrogen) atoms.